The van der Waals surface area contributed by atoms with Crippen molar-refractivity contribution in [2.45, 2.75) is 25.9 Å². The van der Waals surface area contributed by atoms with Gasteiger partial charge in [0, 0.05) is 36.9 Å². The molecule has 0 saturated heterocycles. The number of ether oxygens (including phenoxy) is 2. The van der Waals surface area contributed by atoms with Gasteiger partial charge in [-0.15, -0.1) is 0 Å². The van der Waals surface area contributed by atoms with Crippen LogP contribution in [0.15, 0.2) is 49.3 Å². The molecule has 2 N–H and O–H groups in total. The maximum absolute atomic E-state index is 13.2. The molecule has 0 fully saturated rings. The van der Waals surface area contributed by atoms with Crippen LogP contribution in [0.2, 0.25) is 10.0 Å². The molecular weight excluding hydrogens is 531 g/mol. The minimum Gasteiger partial charge on any atom is -0.495 e. The summed E-state index contributed by atoms with van der Waals surface area (Å²) < 4.78 is 10.6. The fourth-order valence-corrected chi connectivity index (χ4v) is 4.29. The van der Waals surface area contributed by atoms with Crippen molar-refractivity contribution in [3.05, 3.63) is 81.7 Å². The minimum absolute atomic E-state index is 0.125. The summed E-state index contributed by atoms with van der Waals surface area (Å²) in [5, 5.41) is 13.2. The smallest absolute Gasteiger partial charge is 0.247 e. The highest BCUT2D eigenvalue weighted by Crippen LogP contribution is 2.40. The number of nitrogens with zero attached hydrogens (tertiary/aromatic N) is 3. The summed E-state index contributed by atoms with van der Waals surface area (Å²) in [5.74, 6) is 0.329. The highest BCUT2D eigenvalue weighted by molar-refractivity contribution is 6.38. The predicted molar refractivity (Wildman–Crippen MR) is 147 cm³/mol. The number of carbonyl (C=O) groups is 2. The van der Waals surface area contributed by atoms with Gasteiger partial charge in [-0.3, -0.25) is 14.5 Å². The molecule has 1 unspecified atom stereocenters. The number of hydrogen-bond donors (Lipinski definition) is 2. The molecule has 9 nitrogen and oxygen atoms in total. The van der Waals surface area contributed by atoms with E-state index < -0.39 is 6.10 Å². The van der Waals surface area contributed by atoms with Crippen LogP contribution in [0.4, 0.5) is 11.5 Å². The van der Waals surface area contributed by atoms with Crippen LogP contribution >= 0.6 is 23.2 Å². The van der Waals surface area contributed by atoms with Gasteiger partial charge in [0.15, 0.2) is 0 Å². The van der Waals surface area contributed by atoms with E-state index in [0.717, 1.165) is 5.56 Å². The van der Waals surface area contributed by atoms with E-state index in [9.17, 15) is 14.7 Å². The first kappa shape index (κ1) is 28.9. The van der Waals surface area contributed by atoms with Crippen LogP contribution in [-0.4, -0.2) is 48.2 Å². The van der Waals surface area contributed by atoms with E-state index in [2.05, 4.69) is 21.9 Å². The summed E-state index contributed by atoms with van der Waals surface area (Å²) in [7, 11) is 4.50. The number of nitrogens with one attached hydrogen (secondary N) is 1. The van der Waals surface area contributed by atoms with Crippen molar-refractivity contribution >= 4 is 46.5 Å². The number of halogens is 2. The lowest BCUT2D eigenvalue weighted by molar-refractivity contribution is -0.117. The summed E-state index contributed by atoms with van der Waals surface area (Å²) in [6, 6.07) is 8.51. The molecule has 3 rings (SSSR count). The van der Waals surface area contributed by atoms with E-state index in [1.807, 2.05) is 0 Å². The average molecular weight is 559 g/mol. The fourth-order valence-electron chi connectivity index (χ4n) is 3.66. The van der Waals surface area contributed by atoms with Crippen molar-refractivity contribution in [3.63, 3.8) is 0 Å². The van der Waals surface area contributed by atoms with Gasteiger partial charge in [0.2, 0.25) is 11.8 Å². The number of likely N-dealkylation sites (N-methyl/N-ethyl adjacent to an activating group) is 1. The number of aromatic nitrogens is 2. The molecule has 0 aliphatic carbocycles. The summed E-state index contributed by atoms with van der Waals surface area (Å²) in [5.41, 5.74) is 2.90. The third-order valence-corrected chi connectivity index (χ3v) is 6.68. The number of amides is 2. The molecule has 0 aliphatic rings. The van der Waals surface area contributed by atoms with E-state index in [1.165, 1.54) is 31.5 Å². The van der Waals surface area contributed by atoms with Crippen LogP contribution in [0.25, 0.3) is 0 Å². The van der Waals surface area contributed by atoms with Crippen LogP contribution < -0.4 is 19.7 Å². The molecule has 2 aromatic carbocycles. The van der Waals surface area contributed by atoms with Crippen molar-refractivity contribution in [2.24, 2.45) is 0 Å². The van der Waals surface area contributed by atoms with Gasteiger partial charge in [-0.1, -0.05) is 41.9 Å². The highest BCUT2D eigenvalue weighted by atomic mass is 35.5. The molecule has 0 spiro atoms. The third kappa shape index (κ3) is 6.61. The lowest BCUT2D eigenvalue weighted by Crippen LogP contribution is -2.29. The molecular formula is C27H28Cl2N4O5. The molecule has 2 amide bonds. The Kier molecular flexibility index (Phi) is 9.68. The Balaban J connectivity index is 1.87. The van der Waals surface area contributed by atoms with Gasteiger partial charge < -0.3 is 19.9 Å². The van der Waals surface area contributed by atoms with Crippen molar-refractivity contribution in [1.82, 2.24) is 9.97 Å². The number of methoxy groups -OCH3 is 2. The SMILES string of the molecule is C=CC(=O)Nc1cc(C(C)O)ccc1Cc1cc(N(C)C(=O)Cc2c(Cl)c(OC)cc(OC)c2Cl)ncn1. The van der Waals surface area contributed by atoms with Crippen molar-refractivity contribution in [2.75, 3.05) is 31.5 Å². The first-order valence-corrected chi connectivity index (χ1v) is 12.3. The standard InChI is InChI=1S/C27H28Cl2N4O5/c1-6-24(35)32-20-10-16(15(2)34)7-8-17(20)9-18-11-23(31-14-30-18)33(3)25(36)12-19-26(28)21(37-4)13-22(38-5)27(19)29/h6-8,10-11,13-15,34H,1,9,12H2,2-5H3,(H,32,35). The third-order valence-electron chi connectivity index (χ3n) is 5.85. The summed E-state index contributed by atoms with van der Waals surface area (Å²) >= 11 is 12.9. The van der Waals surface area contributed by atoms with Crippen molar-refractivity contribution < 1.29 is 24.2 Å². The van der Waals surface area contributed by atoms with Gasteiger partial charge in [-0.25, -0.2) is 9.97 Å². The predicted octanol–water partition coefficient (Wildman–Crippen LogP) is 4.77. The number of aliphatic hydroxyl groups excluding tert-OH is 1. The van der Waals surface area contributed by atoms with Crippen molar-refractivity contribution in [1.29, 1.82) is 0 Å². The zero-order valence-corrected chi connectivity index (χ0v) is 22.9. The Morgan fingerprint density at radius 1 is 1.13 bits per heavy atom. The number of hydrogen-bond acceptors (Lipinski definition) is 7. The summed E-state index contributed by atoms with van der Waals surface area (Å²) in [6.07, 6.45) is 2.02. The zero-order valence-electron chi connectivity index (χ0n) is 21.4. The maximum Gasteiger partial charge on any atom is 0.247 e. The lowest BCUT2D eigenvalue weighted by Gasteiger charge is -2.19. The minimum atomic E-state index is -0.708. The summed E-state index contributed by atoms with van der Waals surface area (Å²) in [6.45, 7) is 5.12. The Hall–Kier alpha value is -3.66. The second-order valence-corrected chi connectivity index (χ2v) is 9.10. The topological polar surface area (TPSA) is 114 Å². The van der Waals surface area contributed by atoms with E-state index in [0.29, 0.717) is 46.2 Å². The molecule has 0 aliphatic heterocycles. The molecule has 200 valence electrons. The van der Waals surface area contributed by atoms with Gasteiger partial charge in [-0.2, -0.15) is 0 Å². The first-order chi connectivity index (χ1) is 18.1. The highest BCUT2D eigenvalue weighted by Gasteiger charge is 2.22. The molecule has 0 saturated carbocycles. The quantitative estimate of drug-likeness (QED) is 0.344. The number of rotatable bonds is 10. The van der Waals surface area contributed by atoms with Gasteiger partial charge in [0.1, 0.15) is 23.6 Å². The Labute approximate surface area is 231 Å². The van der Waals surface area contributed by atoms with E-state index >= 15 is 0 Å². The lowest BCUT2D eigenvalue weighted by atomic mass is 10.0. The molecule has 11 heteroatoms. The number of benzene rings is 2. The second-order valence-electron chi connectivity index (χ2n) is 8.35. The van der Waals surface area contributed by atoms with Crippen LogP contribution in [0.1, 0.15) is 35.4 Å². The molecule has 3 aromatic rings. The normalized spacial score (nSPS) is 11.4. The first-order valence-electron chi connectivity index (χ1n) is 11.5. The largest absolute Gasteiger partial charge is 0.495 e. The van der Waals surface area contributed by atoms with E-state index in [-0.39, 0.29) is 28.3 Å². The van der Waals surface area contributed by atoms with Crippen LogP contribution in [0, 0.1) is 0 Å². The van der Waals surface area contributed by atoms with Crippen LogP contribution in [-0.2, 0) is 22.4 Å². The maximum atomic E-state index is 13.2. The summed E-state index contributed by atoms with van der Waals surface area (Å²) in [4.78, 5) is 35.1. The van der Waals surface area contributed by atoms with Gasteiger partial charge in [0.05, 0.1) is 42.5 Å². The Morgan fingerprint density at radius 3 is 2.37 bits per heavy atom. The van der Waals surface area contributed by atoms with Crippen molar-refractivity contribution in [3.8, 4) is 11.5 Å². The Morgan fingerprint density at radius 2 is 1.79 bits per heavy atom. The molecule has 1 heterocycles. The monoisotopic (exact) mass is 558 g/mol. The molecule has 1 aromatic heterocycles. The van der Waals surface area contributed by atoms with Gasteiger partial charge in [0.25, 0.3) is 0 Å². The van der Waals surface area contributed by atoms with Gasteiger partial charge >= 0.3 is 0 Å². The van der Waals surface area contributed by atoms with Crippen LogP contribution in [0.5, 0.6) is 11.5 Å². The molecule has 0 radical (unpaired) electrons. The number of anilines is 2. The number of carbonyl (C=O) groups excluding carboxylic acids is 2. The number of aliphatic hydroxyl groups is 1. The molecule has 38 heavy (non-hydrogen) atoms. The molecule has 1 atom stereocenters. The molecule has 0 bridgehead atoms. The average Bonchev–Trinajstić information content (AvgIpc) is 2.91. The van der Waals surface area contributed by atoms with Gasteiger partial charge in [-0.05, 0) is 30.2 Å². The van der Waals surface area contributed by atoms with Crippen LogP contribution in [0.3, 0.4) is 0 Å². The van der Waals surface area contributed by atoms with E-state index in [4.69, 9.17) is 32.7 Å². The fraction of sp³-hybridized carbons (Fsp3) is 0.259. The Bertz CT molecular complexity index is 1340. The second kappa shape index (κ2) is 12.7. The zero-order chi connectivity index (χ0) is 28.0. The van der Waals surface area contributed by atoms with E-state index in [1.54, 1.807) is 44.3 Å².